The molecule has 1 heterocycles. The minimum atomic E-state index is 0.195. The predicted molar refractivity (Wildman–Crippen MR) is 58.4 cm³/mol. The summed E-state index contributed by atoms with van der Waals surface area (Å²) >= 11 is 0. The van der Waals surface area contributed by atoms with Gasteiger partial charge >= 0.3 is 0 Å². The van der Waals surface area contributed by atoms with Gasteiger partial charge in [0.05, 0.1) is 6.07 Å². The van der Waals surface area contributed by atoms with E-state index in [0.29, 0.717) is 6.42 Å². The summed E-state index contributed by atoms with van der Waals surface area (Å²) in [6.07, 6.45) is 3.56. The molecule has 1 atom stereocenters. The monoisotopic (exact) mass is 202 g/mol. The van der Waals surface area contributed by atoms with Crippen molar-refractivity contribution in [1.29, 1.82) is 5.26 Å². The van der Waals surface area contributed by atoms with E-state index in [-0.39, 0.29) is 6.10 Å². The van der Waals surface area contributed by atoms with Crippen LogP contribution < -0.4 is 10.5 Å². The molecule has 1 aromatic rings. The van der Waals surface area contributed by atoms with Crippen LogP contribution in [0.2, 0.25) is 0 Å². The van der Waals surface area contributed by atoms with Gasteiger partial charge in [-0.15, -0.1) is 0 Å². The van der Waals surface area contributed by atoms with Crippen LogP contribution >= 0.6 is 0 Å². The molecule has 0 aliphatic carbocycles. The third kappa shape index (κ3) is 2.21. The lowest BCUT2D eigenvalue weighted by atomic mass is 9.99. The summed E-state index contributed by atoms with van der Waals surface area (Å²) in [6, 6.07) is 7.89. The zero-order valence-electron chi connectivity index (χ0n) is 8.57. The van der Waals surface area contributed by atoms with Gasteiger partial charge in [0.2, 0.25) is 0 Å². The molecule has 3 heteroatoms. The number of nitrogen functional groups attached to an aromatic ring is 1. The topological polar surface area (TPSA) is 59.0 Å². The van der Waals surface area contributed by atoms with Crippen LogP contribution in [-0.2, 0) is 6.42 Å². The number of nitrogens with zero attached hydrogens (tertiary/aromatic N) is 1. The first-order valence-electron chi connectivity index (χ1n) is 5.21. The molecule has 2 rings (SSSR count). The number of hydrogen-bond donors (Lipinski definition) is 1. The first kappa shape index (κ1) is 9.85. The molecule has 0 radical (unpaired) electrons. The molecule has 78 valence electrons. The average Bonchev–Trinajstić information content (AvgIpc) is 2.26. The molecule has 1 aromatic carbocycles. The summed E-state index contributed by atoms with van der Waals surface area (Å²) in [5.74, 6) is 0.929. The van der Waals surface area contributed by atoms with Crippen LogP contribution in [0.1, 0.15) is 24.8 Å². The molecule has 2 N–H and O–H groups in total. The predicted octanol–water partition coefficient (Wildman–Crippen LogP) is 2.27. The highest BCUT2D eigenvalue weighted by molar-refractivity contribution is 5.48. The summed E-state index contributed by atoms with van der Waals surface area (Å²) in [4.78, 5) is 0. The summed E-state index contributed by atoms with van der Waals surface area (Å²) in [7, 11) is 0. The first-order valence-corrected chi connectivity index (χ1v) is 5.21. The lowest BCUT2D eigenvalue weighted by Crippen LogP contribution is -2.22. The van der Waals surface area contributed by atoms with Gasteiger partial charge in [-0.05, 0) is 43.0 Å². The SMILES string of the molecule is N#CCCC1CCc2cc(N)ccc2O1. The van der Waals surface area contributed by atoms with Gasteiger partial charge in [0.25, 0.3) is 0 Å². The minimum absolute atomic E-state index is 0.195. The Bertz CT molecular complexity index is 395. The van der Waals surface area contributed by atoms with Crippen LogP contribution in [0.5, 0.6) is 5.75 Å². The molecule has 0 aromatic heterocycles. The smallest absolute Gasteiger partial charge is 0.123 e. The van der Waals surface area contributed by atoms with E-state index in [1.807, 2.05) is 18.2 Å². The summed E-state index contributed by atoms with van der Waals surface area (Å²) in [5.41, 5.74) is 7.67. The number of benzene rings is 1. The third-order valence-corrected chi connectivity index (χ3v) is 2.69. The number of hydrogen-bond acceptors (Lipinski definition) is 3. The molecular weight excluding hydrogens is 188 g/mol. The van der Waals surface area contributed by atoms with E-state index < -0.39 is 0 Å². The van der Waals surface area contributed by atoms with Crippen molar-refractivity contribution in [2.75, 3.05) is 5.73 Å². The molecule has 0 fully saturated rings. The van der Waals surface area contributed by atoms with Crippen LogP contribution in [0, 0.1) is 11.3 Å². The van der Waals surface area contributed by atoms with Crippen molar-refractivity contribution in [2.45, 2.75) is 31.8 Å². The second-order valence-electron chi connectivity index (χ2n) is 3.84. The molecule has 0 saturated heterocycles. The van der Waals surface area contributed by atoms with Crippen LogP contribution in [0.25, 0.3) is 0 Å². The second-order valence-corrected chi connectivity index (χ2v) is 3.84. The summed E-state index contributed by atoms with van der Waals surface area (Å²) in [6.45, 7) is 0. The van der Waals surface area contributed by atoms with Gasteiger partial charge in [0.15, 0.2) is 0 Å². The van der Waals surface area contributed by atoms with Crippen molar-refractivity contribution >= 4 is 5.69 Å². The number of nitriles is 1. The van der Waals surface area contributed by atoms with E-state index in [4.69, 9.17) is 15.7 Å². The molecular formula is C12H14N2O. The van der Waals surface area contributed by atoms with Crippen molar-refractivity contribution in [3.63, 3.8) is 0 Å². The Balaban J connectivity index is 2.07. The standard InChI is InChI=1S/C12H14N2O/c13-7-1-2-11-5-3-9-8-10(14)4-6-12(9)15-11/h4,6,8,11H,1-3,5,14H2. The van der Waals surface area contributed by atoms with E-state index in [2.05, 4.69) is 6.07 Å². The van der Waals surface area contributed by atoms with Crippen molar-refractivity contribution in [1.82, 2.24) is 0 Å². The zero-order valence-corrected chi connectivity index (χ0v) is 8.57. The molecule has 1 aliphatic rings. The van der Waals surface area contributed by atoms with Gasteiger partial charge in [0, 0.05) is 12.1 Å². The van der Waals surface area contributed by atoms with E-state index in [1.54, 1.807) is 0 Å². The van der Waals surface area contributed by atoms with Gasteiger partial charge in [-0.3, -0.25) is 0 Å². The number of ether oxygens (including phenoxy) is 1. The fraction of sp³-hybridized carbons (Fsp3) is 0.417. The maximum atomic E-state index is 8.51. The molecule has 15 heavy (non-hydrogen) atoms. The number of rotatable bonds is 2. The van der Waals surface area contributed by atoms with Gasteiger partial charge in [-0.1, -0.05) is 0 Å². The summed E-state index contributed by atoms with van der Waals surface area (Å²) < 4.78 is 5.78. The minimum Gasteiger partial charge on any atom is -0.490 e. The quantitative estimate of drug-likeness (QED) is 0.748. The Morgan fingerprint density at radius 2 is 2.40 bits per heavy atom. The van der Waals surface area contributed by atoms with Crippen molar-refractivity contribution < 1.29 is 4.74 Å². The van der Waals surface area contributed by atoms with Gasteiger partial charge in [-0.2, -0.15) is 5.26 Å². The highest BCUT2D eigenvalue weighted by atomic mass is 16.5. The number of anilines is 1. The molecule has 1 aliphatic heterocycles. The van der Waals surface area contributed by atoms with E-state index in [1.165, 1.54) is 5.56 Å². The molecule has 0 spiro atoms. The van der Waals surface area contributed by atoms with Crippen molar-refractivity contribution in [3.8, 4) is 11.8 Å². The number of fused-ring (bicyclic) bond motifs is 1. The van der Waals surface area contributed by atoms with E-state index in [0.717, 1.165) is 30.7 Å². The molecule has 0 saturated carbocycles. The second kappa shape index (κ2) is 4.22. The molecule has 1 unspecified atom stereocenters. The van der Waals surface area contributed by atoms with Crippen LogP contribution in [-0.4, -0.2) is 6.10 Å². The largest absolute Gasteiger partial charge is 0.490 e. The lowest BCUT2D eigenvalue weighted by Gasteiger charge is -2.25. The molecule has 0 amide bonds. The van der Waals surface area contributed by atoms with Crippen molar-refractivity contribution in [2.24, 2.45) is 0 Å². The molecule has 0 bridgehead atoms. The van der Waals surface area contributed by atoms with Crippen molar-refractivity contribution in [3.05, 3.63) is 23.8 Å². The van der Waals surface area contributed by atoms with Gasteiger partial charge in [-0.25, -0.2) is 0 Å². The Hall–Kier alpha value is -1.69. The van der Waals surface area contributed by atoms with E-state index in [9.17, 15) is 0 Å². The van der Waals surface area contributed by atoms with Crippen LogP contribution in [0.3, 0.4) is 0 Å². The Labute approximate surface area is 89.5 Å². The Kier molecular flexibility index (Phi) is 2.77. The average molecular weight is 202 g/mol. The maximum Gasteiger partial charge on any atom is 0.123 e. The lowest BCUT2D eigenvalue weighted by molar-refractivity contribution is 0.165. The number of nitrogens with two attached hydrogens (primary N) is 1. The number of aryl methyl sites for hydroxylation is 1. The summed E-state index contributed by atoms with van der Waals surface area (Å²) in [5, 5.41) is 8.51. The van der Waals surface area contributed by atoms with Gasteiger partial charge < -0.3 is 10.5 Å². The molecule has 3 nitrogen and oxygen atoms in total. The zero-order chi connectivity index (χ0) is 10.7. The van der Waals surface area contributed by atoms with Crippen LogP contribution in [0.4, 0.5) is 5.69 Å². The third-order valence-electron chi connectivity index (χ3n) is 2.69. The van der Waals surface area contributed by atoms with Gasteiger partial charge in [0.1, 0.15) is 11.9 Å². The fourth-order valence-corrected chi connectivity index (χ4v) is 1.89. The highest BCUT2D eigenvalue weighted by Gasteiger charge is 2.19. The normalized spacial score (nSPS) is 18.7. The van der Waals surface area contributed by atoms with E-state index >= 15 is 0 Å². The highest BCUT2D eigenvalue weighted by Crippen LogP contribution is 2.30. The first-order chi connectivity index (χ1) is 7.29. The fourth-order valence-electron chi connectivity index (χ4n) is 1.89. The Morgan fingerprint density at radius 1 is 1.53 bits per heavy atom. The van der Waals surface area contributed by atoms with Crippen LogP contribution in [0.15, 0.2) is 18.2 Å². The Morgan fingerprint density at radius 3 is 3.20 bits per heavy atom. The maximum absolute atomic E-state index is 8.51.